The minimum atomic E-state index is -0.860. The van der Waals surface area contributed by atoms with E-state index in [-0.39, 0.29) is 12.5 Å². The lowest BCUT2D eigenvalue weighted by Gasteiger charge is -2.09. The number of urea groups is 1. The molecule has 0 aliphatic rings. The molecule has 0 aromatic heterocycles. The summed E-state index contributed by atoms with van der Waals surface area (Å²) in [7, 11) is 0. The lowest BCUT2D eigenvalue weighted by molar-refractivity contribution is -0.137. The Morgan fingerprint density at radius 3 is 2.42 bits per heavy atom. The molecule has 0 atom stereocenters. The summed E-state index contributed by atoms with van der Waals surface area (Å²) in [6, 6.07) is 17.5. The number of rotatable bonds is 10. The van der Waals surface area contributed by atoms with Gasteiger partial charge in [0.15, 0.2) is 0 Å². The van der Waals surface area contributed by atoms with Gasteiger partial charge >= 0.3 is 12.0 Å². The first-order valence-electron chi connectivity index (χ1n) is 8.62. The van der Waals surface area contributed by atoms with E-state index in [1.165, 1.54) is 0 Å². The molecule has 2 rings (SSSR count). The van der Waals surface area contributed by atoms with Crippen LogP contribution in [-0.2, 0) is 17.8 Å². The van der Waals surface area contributed by atoms with Crippen molar-refractivity contribution in [1.82, 2.24) is 10.6 Å². The number of ether oxygens (including phenoxy) is 1. The Hall–Kier alpha value is -3.02. The number of benzene rings is 2. The van der Waals surface area contributed by atoms with Gasteiger partial charge < -0.3 is 20.5 Å². The molecule has 3 N–H and O–H groups in total. The zero-order chi connectivity index (χ0) is 18.6. The second-order valence-electron chi connectivity index (χ2n) is 5.85. The van der Waals surface area contributed by atoms with E-state index < -0.39 is 5.97 Å². The standard InChI is InChI=1S/C20H24N2O4/c23-19(24)10-5-12-21-20(25)22-13-11-16-8-4-9-18(14-16)26-15-17-6-2-1-3-7-17/h1-4,6-9,14H,5,10-13,15H2,(H,23,24)(H2,21,22,25). The van der Waals surface area contributed by atoms with E-state index in [2.05, 4.69) is 10.6 Å². The van der Waals surface area contributed by atoms with Crippen molar-refractivity contribution < 1.29 is 19.4 Å². The summed E-state index contributed by atoms with van der Waals surface area (Å²) < 4.78 is 5.80. The summed E-state index contributed by atoms with van der Waals surface area (Å²) in [5, 5.41) is 13.9. The number of hydrogen-bond acceptors (Lipinski definition) is 3. The third kappa shape index (κ3) is 7.70. The molecule has 2 amide bonds. The molecular weight excluding hydrogens is 332 g/mol. The number of carboxylic acid groups (broad SMARTS) is 1. The molecule has 138 valence electrons. The van der Waals surface area contributed by atoms with E-state index in [1.54, 1.807) is 0 Å². The largest absolute Gasteiger partial charge is 0.489 e. The maximum absolute atomic E-state index is 11.6. The molecule has 0 heterocycles. The number of hydrogen-bond donors (Lipinski definition) is 3. The fourth-order valence-corrected chi connectivity index (χ4v) is 2.36. The molecule has 2 aromatic carbocycles. The van der Waals surface area contributed by atoms with Crippen molar-refractivity contribution in [2.45, 2.75) is 25.9 Å². The second-order valence-corrected chi connectivity index (χ2v) is 5.85. The zero-order valence-electron chi connectivity index (χ0n) is 14.6. The van der Waals surface area contributed by atoms with Gasteiger partial charge in [0.1, 0.15) is 12.4 Å². The highest BCUT2D eigenvalue weighted by Crippen LogP contribution is 2.15. The number of carbonyl (C=O) groups excluding carboxylic acids is 1. The second kappa shape index (κ2) is 10.8. The molecule has 0 aliphatic heterocycles. The fourth-order valence-electron chi connectivity index (χ4n) is 2.36. The molecule has 2 aromatic rings. The number of aliphatic carboxylic acids is 1. The first-order valence-corrected chi connectivity index (χ1v) is 8.62. The van der Waals surface area contributed by atoms with Crippen LogP contribution < -0.4 is 15.4 Å². The summed E-state index contributed by atoms with van der Waals surface area (Å²) in [6.45, 7) is 1.36. The quantitative estimate of drug-likeness (QED) is 0.571. The maximum Gasteiger partial charge on any atom is 0.314 e. The van der Waals surface area contributed by atoms with E-state index in [4.69, 9.17) is 9.84 Å². The molecule has 0 aliphatic carbocycles. The number of nitrogens with one attached hydrogen (secondary N) is 2. The summed E-state index contributed by atoms with van der Waals surface area (Å²) >= 11 is 0. The summed E-state index contributed by atoms with van der Waals surface area (Å²) in [6.07, 6.45) is 1.16. The van der Waals surface area contributed by atoms with Gasteiger partial charge in [0, 0.05) is 19.5 Å². The predicted molar refractivity (Wildman–Crippen MR) is 99.2 cm³/mol. The molecule has 26 heavy (non-hydrogen) atoms. The van der Waals surface area contributed by atoms with Gasteiger partial charge in [-0.05, 0) is 36.1 Å². The van der Waals surface area contributed by atoms with Crippen molar-refractivity contribution in [2.24, 2.45) is 0 Å². The zero-order valence-corrected chi connectivity index (χ0v) is 14.6. The van der Waals surface area contributed by atoms with E-state index in [0.29, 0.717) is 32.5 Å². The summed E-state index contributed by atoms with van der Waals surface area (Å²) in [5.41, 5.74) is 2.18. The van der Waals surface area contributed by atoms with Gasteiger partial charge in [-0.15, -0.1) is 0 Å². The smallest absolute Gasteiger partial charge is 0.314 e. The highest BCUT2D eigenvalue weighted by Gasteiger charge is 2.02. The number of amides is 2. The van der Waals surface area contributed by atoms with Gasteiger partial charge in [-0.1, -0.05) is 42.5 Å². The molecule has 0 fully saturated rings. The third-order valence-corrected chi connectivity index (χ3v) is 3.70. The highest BCUT2D eigenvalue weighted by atomic mass is 16.5. The SMILES string of the molecule is O=C(O)CCCNC(=O)NCCc1cccc(OCc2ccccc2)c1. The third-order valence-electron chi connectivity index (χ3n) is 3.70. The van der Waals surface area contributed by atoms with Gasteiger partial charge in [-0.2, -0.15) is 0 Å². The Morgan fingerprint density at radius 1 is 0.923 bits per heavy atom. The molecule has 0 spiro atoms. The maximum atomic E-state index is 11.6. The van der Waals surface area contributed by atoms with Crippen LogP contribution in [0.1, 0.15) is 24.0 Å². The van der Waals surface area contributed by atoms with Crippen molar-refractivity contribution >= 4 is 12.0 Å². The van der Waals surface area contributed by atoms with Crippen LogP contribution in [-0.4, -0.2) is 30.2 Å². The predicted octanol–water partition coefficient (Wildman–Crippen LogP) is 2.97. The van der Waals surface area contributed by atoms with Gasteiger partial charge in [0.2, 0.25) is 0 Å². The molecule has 0 radical (unpaired) electrons. The summed E-state index contributed by atoms with van der Waals surface area (Å²) in [5.74, 6) is -0.0638. The van der Waals surface area contributed by atoms with E-state index in [0.717, 1.165) is 16.9 Å². The highest BCUT2D eigenvalue weighted by molar-refractivity contribution is 5.73. The van der Waals surface area contributed by atoms with Gasteiger partial charge in [0.25, 0.3) is 0 Å². The van der Waals surface area contributed by atoms with Gasteiger partial charge in [-0.3, -0.25) is 4.79 Å². The first kappa shape index (κ1) is 19.3. The lowest BCUT2D eigenvalue weighted by atomic mass is 10.1. The average molecular weight is 356 g/mol. The molecule has 0 unspecified atom stereocenters. The number of carbonyl (C=O) groups is 2. The Balaban J connectivity index is 1.68. The van der Waals surface area contributed by atoms with E-state index in [1.807, 2.05) is 54.6 Å². The lowest BCUT2D eigenvalue weighted by Crippen LogP contribution is -2.37. The van der Waals surface area contributed by atoms with Gasteiger partial charge in [0.05, 0.1) is 0 Å². The van der Waals surface area contributed by atoms with Crippen molar-refractivity contribution in [3.63, 3.8) is 0 Å². The van der Waals surface area contributed by atoms with Crippen LogP contribution in [0.25, 0.3) is 0 Å². The van der Waals surface area contributed by atoms with Crippen LogP contribution in [0.5, 0.6) is 5.75 Å². The topological polar surface area (TPSA) is 87.7 Å². The molecule has 0 saturated carbocycles. The monoisotopic (exact) mass is 356 g/mol. The normalized spacial score (nSPS) is 10.2. The van der Waals surface area contributed by atoms with Crippen LogP contribution in [0.4, 0.5) is 4.79 Å². The molecule has 0 saturated heterocycles. The van der Waals surface area contributed by atoms with Crippen LogP contribution in [0.15, 0.2) is 54.6 Å². The van der Waals surface area contributed by atoms with Crippen molar-refractivity contribution in [3.05, 3.63) is 65.7 Å². The van der Waals surface area contributed by atoms with Crippen LogP contribution >= 0.6 is 0 Å². The number of carboxylic acids is 1. The minimum absolute atomic E-state index is 0.0516. The molecule has 6 heteroatoms. The molecule has 6 nitrogen and oxygen atoms in total. The Morgan fingerprint density at radius 2 is 1.65 bits per heavy atom. The Bertz CT molecular complexity index is 704. The van der Waals surface area contributed by atoms with Crippen molar-refractivity contribution in [3.8, 4) is 5.75 Å². The van der Waals surface area contributed by atoms with Crippen LogP contribution in [0, 0.1) is 0 Å². The Labute approximate surface area is 153 Å². The van der Waals surface area contributed by atoms with E-state index >= 15 is 0 Å². The van der Waals surface area contributed by atoms with Gasteiger partial charge in [-0.25, -0.2) is 4.79 Å². The Kier molecular flexibility index (Phi) is 7.99. The van der Waals surface area contributed by atoms with Crippen molar-refractivity contribution in [1.29, 1.82) is 0 Å². The fraction of sp³-hybridized carbons (Fsp3) is 0.300. The van der Waals surface area contributed by atoms with Crippen LogP contribution in [0.2, 0.25) is 0 Å². The van der Waals surface area contributed by atoms with Crippen LogP contribution in [0.3, 0.4) is 0 Å². The van der Waals surface area contributed by atoms with Crippen molar-refractivity contribution in [2.75, 3.05) is 13.1 Å². The first-order chi connectivity index (χ1) is 12.6. The average Bonchev–Trinajstić information content (AvgIpc) is 2.65. The molecule has 0 bridgehead atoms. The van der Waals surface area contributed by atoms with E-state index in [9.17, 15) is 9.59 Å². The molecular formula is C20H24N2O4. The minimum Gasteiger partial charge on any atom is -0.489 e. The summed E-state index contributed by atoms with van der Waals surface area (Å²) in [4.78, 5) is 22.0.